The largest absolute Gasteiger partial charge is 0.483 e. The molecule has 0 aliphatic heterocycles. The predicted octanol–water partition coefficient (Wildman–Crippen LogP) is 3.08. The fourth-order valence-corrected chi connectivity index (χ4v) is 4.20. The van der Waals surface area contributed by atoms with Crippen LogP contribution in [0.25, 0.3) is 16.9 Å². The van der Waals surface area contributed by atoms with Crippen LogP contribution >= 0.6 is 0 Å². The number of carboxylic acid groups (broad SMARTS) is 1. The second-order valence-electron chi connectivity index (χ2n) is 9.41. The maximum atomic E-state index is 13.7. The van der Waals surface area contributed by atoms with E-state index in [2.05, 4.69) is 31.0 Å². The Labute approximate surface area is 252 Å². The Morgan fingerprint density at radius 2 is 1.84 bits per heavy atom. The lowest BCUT2D eigenvalue weighted by atomic mass is 10.0. The second-order valence-corrected chi connectivity index (χ2v) is 9.41. The normalized spacial score (nSPS) is 11.9. The van der Waals surface area contributed by atoms with E-state index in [9.17, 15) is 31.5 Å². The van der Waals surface area contributed by atoms with Crippen molar-refractivity contribution in [3.63, 3.8) is 0 Å². The minimum absolute atomic E-state index is 0.0123. The van der Waals surface area contributed by atoms with Crippen LogP contribution in [0.4, 0.5) is 33.5 Å². The molecule has 0 aliphatic rings. The summed E-state index contributed by atoms with van der Waals surface area (Å²) < 4.78 is 68.7. The maximum absolute atomic E-state index is 13.7. The summed E-state index contributed by atoms with van der Waals surface area (Å²) in [4.78, 5) is 41.1. The minimum atomic E-state index is -4.89. The predicted molar refractivity (Wildman–Crippen MR) is 152 cm³/mol. The summed E-state index contributed by atoms with van der Waals surface area (Å²) in [6.07, 6.45) is -2.42. The van der Waals surface area contributed by atoms with Crippen molar-refractivity contribution >= 4 is 35.4 Å². The van der Waals surface area contributed by atoms with E-state index in [1.165, 1.54) is 23.0 Å². The topological polar surface area (TPSA) is 182 Å². The first-order valence-corrected chi connectivity index (χ1v) is 13.3. The molecule has 0 radical (unpaired) electrons. The molecular weight excluding hydrogens is 609 g/mol. The van der Waals surface area contributed by atoms with Crippen LogP contribution in [0, 0.1) is 0 Å². The molecule has 2 amide bonds. The molecule has 3 aromatic heterocycles. The number of hydrogen-bond acceptors (Lipinski definition) is 8. The van der Waals surface area contributed by atoms with Gasteiger partial charge in [0.2, 0.25) is 5.91 Å². The number of anilines is 2. The number of nitrogens with two attached hydrogens (primary N) is 1. The molecule has 242 valence electrons. The monoisotopic (exact) mass is 639 g/mol. The highest BCUT2D eigenvalue weighted by atomic mass is 19.4. The van der Waals surface area contributed by atoms with E-state index in [1.54, 1.807) is 25.1 Å². The smallest absolute Gasteiger partial charge is 0.435 e. The average molecular weight is 640 g/mol. The van der Waals surface area contributed by atoms with Crippen LogP contribution in [0.5, 0.6) is 0 Å². The Bertz CT molecular complexity index is 1640. The van der Waals surface area contributed by atoms with Gasteiger partial charge in [0.15, 0.2) is 17.2 Å². The van der Waals surface area contributed by atoms with Gasteiger partial charge in [-0.25, -0.2) is 18.7 Å². The Kier molecular flexibility index (Phi) is 11.5. The Morgan fingerprint density at radius 1 is 1.16 bits per heavy atom. The zero-order chi connectivity index (χ0) is 33.3. The van der Waals surface area contributed by atoms with Crippen LogP contribution in [-0.4, -0.2) is 73.1 Å². The van der Waals surface area contributed by atoms with E-state index in [1.807, 2.05) is 6.92 Å². The van der Waals surface area contributed by atoms with Crippen molar-refractivity contribution in [2.75, 3.05) is 18.4 Å². The first-order chi connectivity index (χ1) is 21.3. The lowest BCUT2D eigenvalue weighted by Crippen LogP contribution is -2.42. The summed E-state index contributed by atoms with van der Waals surface area (Å²) in [6.45, 7) is 2.59. The number of imidazole rings is 1. The van der Waals surface area contributed by atoms with Crippen LogP contribution in [-0.2, 0) is 28.7 Å². The van der Waals surface area contributed by atoms with Crippen molar-refractivity contribution in [1.29, 1.82) is 0 Å². The van der Waals surface area contributed by atoms with Gasteiger partial charge in [0.1, 0.15) is 6.54 Å². The zero-order valence-corrected chi connectivity index (χ0v) is 24.0. The fourth-order valence-electron chi connectivity index (χ4n) is 4.20. The first kappa shape index (κ1) is 34.4. The number of nitrogens with zero attached hydrogens (tertiary/aromatic N) is 5. The molecule has 0 unspecified atom stereocenters. The minimum Gasteiger partial charge on any atom is -0.483 e. The van der Waals surface area contributed by atoms with Crippen LogP contribution < -0.4 is 21.7 Å². The number of fused-ring (bicyclic) bond motifs is 1. The molecule has 6 N–H and O–H groups in total. The van der Waals surface area contributed by atoms with Crippen molar-refractivity contribution in [3.8, 4) is 11.3 Å². The van der Waals surface area contributed by atoms with Gasteiger partial charge in [0.25, 0.3) is 18.8 Å². The van der Waals surface area contributed by atoms with E-state index in [4.69, 9.17) is 15.6 Å². The number of rotatable bonds is 11. The van der Waals surface area contributed by atoms with Crippen LogP contribution in [0.2, 0.25) is 0 Å². The number of aromatic nitrogens is 5. The van der Waals surface area contributed by atoms with Crippen LogP contribution in [0.3, 0.4) is 0 Å². The highest BCUT2D eigenvalue weighted by molar-refractivity contribution is 5.96. The molecule has 0 fully saturated rings. The van der Waals surface area contributed by atoms with Gasteiger partial charge in [-0.05, 0) is 37.1 Å². The van der Waals surface area contributed by atoms with E-state index >= 15 is 0 Å². The summed E-state index contributed by atoms with van der Waals surface area (Å²) in [7, 11) is 0. The van der Waals surface area contributed by atoms with E-state index in [0.717, 1.165) is 6.20 Å². The van der Waals surface area contributed by atoms with E-state index in [-0.39, 0.29) is 48.5 Å². The van der Waals surface area contributed by atoms with Crippen molar-refractivity contribution in [2.45, 2.75) is 45.5 Å². The molecule has 0 spiro atoms. The lowest BCUT2D eigenvalue weighted by Gasteiger charge is -2.13. The molecule has 3 heterocycles. The second kappa shape index (κ2) is 15.0. The molecule has 45 heavy (non-hydrogen) atoms. The van der Waals surface area contributed by atoms with Crippen molar-refractivity contribution in [1.82, 2.24) is 34.8 Å². The SMILES string of the molecule is CCc1cc(Nc2nccn3c(-c4cn(CC(F)F)nc4C(F)(F)F)cnc23)ccc1C(=O)NCCNC(=O)[C@H](C)N.O=CO. The highest BCUT2D eigenvalue weighted by Gasteiger charge is 2.38. The molecular formula is C27H30F5N9O4. The number of carbonyl (C=O) groups is 3. The van der Waals surface area contributed by atoms with Gasteiger partial charge in [-0.3, -0.25) is 23.5 Å². The highest BCUT2D eigenvalue weighted by Crippen LogP contribution is 2.37. The molecule has 1 aromatic carbocycles. The van der Waals surface area contributed by atoms with E-state index < -0.39 is 36.4 Å². The number of alkyl halides is 5. The number of hydrogen-bond donors (Lipinski definition) is 5. The molecule has 18 heteroatoms. The number of amides is 2. The summed E-state index contributed by atoms with van der Waals surface area (Å²) >= 11 is 0. The summed E-state index contributed by atoms with van der Waals surface area (Å²) in [5.74, 6) is -0.453. The molecule has 4 aromatic rings. The molecule has 0 aliphatic carbocycles. The van der Waals surface area contributed by atoms with Crippen molar-refractivity contribution in [3.05, 3.63) is 59.8 Å². The van der Waals surface area contributed by atoms with Crippen LogP contribution in [0.1, 0.15) is 35.5 Å². The first-order valence-electron chi connectivity index (χ1n) is 13.3. The third-order valence-electron chi connectivity index (χ3n) is 6.18. The standard InChI is InChI=1S/C26H28F5N9O2.CH2O2/c1-3-15-10-16(4-5-17(15)25(42)35-7-6-34-24(41)14(2)32)37-22-23-36-11-19(40(23)9-8-33-22)18-12-39(13-20(27)28)38-21(18)26(29,30)31;2-1-3/h4-5,8-12,14,20H,3,6-7,13,32H2,1-2H3,(H,33,37)(H,34,41)(H,35,42);1H,(H,2,3)/t14-;/m0./s1. The van der Waals surface area contributed by atoms with Crippen LogP contribution in [0.15, 0.2) is 43.0 Å². The maximum Gasteiger partial charge on any atom is 0.435 e. The van der Waals surface area contributed by atoms with Gasteiger partial charge in [-0.15, -0.1) is 0 Å². The number of carbonyl (C=O) groups excluding carboxylic acids is 2. The Balaban J connectivity index is 0.00000177. The molecule has 1 atom stereocenters. The Hall–Kier alpha value is -5.13. The molecule has 4 rings (SSSR count). The number of nitrogens with one attached hydrogen (secondary N) is 3. The zero-order valence-electron chi connectivity index (χ0n) is 24.0. The number of benzene rings is 1. The molecule has 13 nitrogen and oxygen atoms in total. The summed E-state index contributed by atoms with van der Waals surface area (Å²) in [6, 6.07) is 4.33. The summed E-state index contributed by atoms with van der Waals surface area (Å²) in [5, 5.41) is 18.6. The third-order valence-corrected chi connectivity index (χ3v) is 6.18. The van der Waals surface area contributed by atoms with Gasteiger partial charge >= 0.3 is 6.18 Å². The lowest BCUT2D eigenvalue weighted by molar-refractivity contribution is -0.141. The molecule has 0 saturated heterocycles. The van der Waals surface area contributed by atoms with Crippen molar-refractivity contribution < 1.29 is 41.4 Å². The molecule has 0 bridgehead atoms. The van der Waals surface area contributed by atoms with Gasteiger partial charge in [0.05, 0.1) is 23.5 Å². The number of aryl methyl sites for hydroxylation is 1. The average Bonchev–Trinajstić information content (AvgIpc) is 3.60. The van der Waals surface area contributed by atoms with Gasteiger partial charge in [-0.1, -0.05) is 6.92 Å². The molecule has 0 saturated carbocycles. The summed E-state index contributed by atoms with van der Waals surface area (Å²) in [5.41, 5.74) is 5.60. The fraction of sp³-hybridized carbons (Fsp3) is 0.333. The van der Waals surface area contributed by atoms with E-state index in [0.29, 0.717) is 27.9 Å². The third kappa shape index (κ3) is 8.71. The quantitative estimate of drug-likeness (QED) is 0.0936. The van der Waals surface area contributed by atoms with Crippen molar-refractivity contribution in [2.24, 2.45) is 5.73 Å². The Morgan fingerprint density at radius 3 is 2.47 bits per heavy atom. The van der Waals surface area contributed by atoms with Gasteiger partial charge < -0.3 is 26.8 Å². The van der Waals surface area contributed by atoms with Gasteiger partial charge in [-0.2, -0.15) is 18.3 Å². The number of halogens is 5. The van der Waals surface area contributed by atoms with Gasteiger partial charge in [0, 0.05) is 42.9 Å².